The Morgan fingerprint density at radius 3 is 2.71 bits per heavy atom. The lowest BCUT2D eigenvalue weighted by Gasteiger charge is -2.28. The van der Waals surface area contributed by atoms with Crippen molar-refractivity contribution in [3.63, 3.8) is 0 Å². The Morgan fingerprint density at radius 2 is 2.14 bits per heavy atom. The van der Waals surface area contributed by atoms with Crippen LogP contribution >= 0.6 is 15.9 Å². The number of rotatable bonds is 4. The van der Waals surface area contributed by atoms with E-state index in [-0.39, 0.29) is 0 Å². The molecule has 116 valence electrons. The number of ether oxygens (including phenoxy) is 1. The molecular formula is C11H14BrN3O5S. The first kappa shape index (κ1) is 16.1. The number of nitrogens with one attached hydrogen (secondary N) is 1. The van der Waals surface area contributed by atoms with Crippen LogP contribution in [0.15, 0.2) is 16.7 Å². The molecule has 1 aliphatic heterocycles. The number of aromatic nitrogens is 1. The van der Waals surface area contributed by atoms with E-state index in [2.05, 4.69) is 26.2 Å². The maximum atomic E-state index is 11.4. The molecule has 0 unspecified atom stereocenters. The summed E-state index contributed by atoms with van der Waals surface area (Å²) in [6, 6.07) is 1.62. The van der Waals surface area contributed by atoms with Crippen LogP contribution in [0.1, 0.15) is 0 Å². The number of halogens is 1. The van der Waals surface area contributed by atoms with Gasteiger partial charge in [0.05, 0.1) is 29.6 Å². The van der Waals surface area contributed by atoms with Gasteiger partial charge in [-0.1, -0.05) is 0 Å². The smallest absolute Gasteiger partial charge is 0.274 e. The first-order chi connectivity index (χ1) is 9.85. The molecule has 1 saturated heterocycles. The summed E-state index contributed by atoms with van der Waals surface area (Å²) in [6.45, 7) is 2.70. The van der Waals surface area contributed by atoms with Crippen LogP contribution in [-0.4, -0.2) is 55.9 Å². The molecule has 0 radical (unpaired) electrons. The number of anilines is 2. The summed E-state index contributed by atoms with van der Waals surface area (Å²) < 4.78 is 35.8. The van der Waals surface area contributed by atoms with Gasteiger partial charge in [0, 0.05) is 13.1 Å². The number of amides is 1. The Balaban J connectivity index is 2.06. The Bertz CT molecular complexity index is 631. The fraction of sp³-hybridized carbons (Fsp3) is 0.455. The topological polar surface area (TPSA) is 109 Å². The van der Waals surface area contributed by atoms with Crippen molar-refractivity contribution in [3.8, 4) is 0 Å². The predicted octanol–water partition coefficient (Wildman–Crippen LogP) is 0.507. The lowest BCUT2D eigenvalue weighted by molar-refractivity contribution is -0.113. The van der Waals surface area contributed by atoms with Crippen molar-refractivity contribution in [1.82, 2.24) is 4.98 Å². The minimum absolute atomic E-state index is 0.340. The molecule has 2 N–H and O–H groups in total. The van der Waals surface area contributed by atoms with Crippen LogP contribution in [0.25, 0.3) is 0 Å². The maximum Gasteiger partial charge on any atom is 0.274 e. The minimum atomic E-state index is -4.35. The molecule has 0 spiro atoms. The van der Waals surface area contributed by atoms with Gasteiger partial charge in [-0.05, 0) is 22.0 Å². The summed E-state index contributed by atoms with van der Waals surface area (Å²) in [5, 5.41) is 2.36. The third-order valence-electron chi connectivity index (χ3n) is 2.73. The van der Waals surface area contributed by atoms with Crippen LogP contribution in [0.4, 0.5) is 11.5 Å². The number of hydrogen-bond donors (Lipinski definition) is 2. The van der Waals surface area contributed by atoms with E-state index in [4.69, 9.17) is 9.29 Å². The summed E-state index contributed by atoms with van der Waals surface area (Å²) in [5.74, 6) is -1.09. The van der Waals surface area contributed by atoms with Gasteiger partial charge in [0.2, 0.25) is 5.91 Å². The standard InChI is InChI=1S/C11H14BrN3O5S/c12-9-5-8(14-10(16)7-21(17,18)19)6-13-11(9)15-1-3-20-4-2-15/h5-6H,1-4,7H2,(H,14,16)(H,17,18,19). The van der Waals surface area contributed by atoms with Crippen molar-refractivity contribution in [3.05, 3.63) is 16.7 Å². The second-order valence-corrected chi connectivity index (χ2v) is 6.71. The van der Waals surface area contributed by atoms with E-state index in [1.165, 1.54) is 6.20 Å². The summed E-state index contributed by atoms with van der Waals surface area (Å²) in [6.07, 6.45) is 1.43. The number of hydrogen-bond acceptors (Lipinski definition) is 6. The van der Waals surface area contributed by atoms with Crippen molar-refractivity contribution >= 4 is 43.5 Å². The van der Waals surface area contributed by atoms with E-state index in [9.17, 15) is 13.2 Å². The predicted molar refractivity (Wildman–Crippen MR) is 80.0 cm³/mol. The van der Waals surface area contributed by atoms with Gasteiger partial charge < -0.3 is 15.0 Å². The second kappa shape index (κ2) is 6.69. The van der Waals surface area contributed by atoms with Gasteiger partial charge in [0.15, 0.2) is 5.75 Å². The molecule has 1 aromatic rings. The zero-order chi connectivity index (χ0) is 15.5. The highest BCUT2D eigenvalue weighted by atomic mass is 79.9. The lowest BCUT2D eigenvalue weighted by Crippen LogP contribution is -2.37. The molecule has 0 bridgehead atoms. The Hall–Kier alpha value is -1.23. The largest absolute Gasteiger partial charge is 0.378 e. The third-order valence-corrected chi connectivity index (χ3v) is 3.94. The van der Waals surface area contributed by atoms with Gasteiger partial charge in [-0.15, -0.1) is 0 Å². The highest BCUT2D eigenvalue weighted by Crippen LogP contribution is 2.27. The van der Waals surface area contributed by atoms with E-state index < -0.39 is 21.8 Å². The quantitative estimate of drug-likeness (QED) is 0.733. The van der Waals surface area contributed by atoms with Crippen LogP contribution in [0.5, 0.6) is 0 Å². The number of morpholine rings is 1. The van der Waals surface area contributed by atoms with Crippen LogP contribution in [0.2, 0.25) is 0 Å². The van der Waals surface area contributed by atoms with E-state index in [0.29, 0.717) is 23.4 Å². The minimum Gasteiger partial charge on any atom is -0.378 e. The highest BCUT2D eigenvalue weighted by Gasteiger charge is 2.17. The van der Waals surface area contributed by atoms with Gasteiger partial charge in [-0.25, -0.2) is 4.98 Å². The molecule has 0 aliphatic carbocycles. The van der Waals surface area contributed by atoms with Crippen LogP contribution < -0.4 is 10.2 Å². The number of carbonyl (C=O) groups is 1. The summed E-state index contributed by atoms with van der Waals surface area (Å²) in [7, 11) is -4.35. The molecule has 1 aromatic heterocycles. The second-order valence-electron chi connectivity index (χ2n) is 4.40. The number of pyridine rings is 1. The molecule has 0 aromatic carbocycles. The van der Waals surface area contributed by atoms with Gasteiger partial charge >= 0.3 is 0 Å². The lowest BCUT2D eigenvalue weighted by atomic mass is 10.3. The monoisotopic (exact) mass is 379 g/mol. The first-order valence-electron chi connectivity index (χ1n) is 6.08. The number of carbonyl (C=O) groups excluding carboxylic acids is 1. The Labute approximate surface area is 130 Å². The van der Waals surface area contributed by atoms with Gasteiger partial charge in [0.25, 0.3) is 10.1 Å². The fourth-order valence-electron chi connectivity index (χ4n) is 1.87. The van der Waals surface area contributed by atoms with E-state index in [1.807, 2.05) is 4.90 Å². The normalized spacial score (nSPS) is 15.8. The van der Waals surface area contributed by atoms with Gasteiger partial charge in [-0.2, -0.15) is 8.42 Å². The van der Waals surface area contributed by atoms with Gasteiger partial charge in [0.1, 0.15) is 5.82 Å². The van der Waals surface area contributed by atoms with Crippen LogP contribution in [0.3, 0.4) is 0 Å². The van der Waals surface area contributed by atoms with Crippen molar-refractivity contribution in [2.75, 3.05) is 42.3 Å². The Kier molecular flexibility index (Phi) is 5.14. The molecule has 1 aliphatic rings. The highest BCUT2D eigenvalue weighted by molar-refractivity contribution is 9.10. The van der Waals surface area contributed by atoms with E-state index in [0.717, 1.165) is 18.9 Å². The zero-order valence-corrected chi connectivity index (χ0v) is 13.4. The fourth-order valence-corrected chi connectivity index (χ4v) is 2.87. The average molecular weight is 380 g/mol. The molecule has 2 heterocycles. The van der Waals surface area contributed by atoms with Crippen molar-refractivity contribution in [1.29, 1.82) is 0 Å². The molecule has 1 fully saturated rings. The molecular weight excluding hydrogens is 366 g/mol. The van der Waals surface area contributed by atoms with Crippen LogP contribution in [-0.2, 0) is 19.6 Å². The molecule has 8 nitrogen and oxygen atoms in total. The molecule has 21 heavy (non-hydrogen) atoms. The number of nitrogens with zero attached hydrogens (tertiary/aromatic N) is 2. The molecule has 10 heteroatoms. The summed E-state index contributed by atoms with van der Waals surface area (Å²) >= 11 is 3.37. The first-order valence-corrected chi connectivity index (χ1v) is 8.48. The Morgan fingerprint density at radius 1 is 1.48 bits per heavy atom. The van der Waals surface area contributed by atoms with E-state index >= 15 is 0 Å². The van der Waals surface area contributed by atoms with Crippen molar-refractivity contribution in [2.45, 2.75) is 0 Å². The zero-order valence-electron chi connectivity index (χ0n) is 11.0. The third kappa shape index (κ3) is 4.92. The molecule has 2 rings (SSSR count). The average Bonchev–Trinajstić information content (AvgIpc) is 2.37. The van der Waals surface area contributed by atoms with Crippen molar-refractivity contribution in [2.24, 2.45) is 0 Å². The van der Waals surface area contributed by atoms with Crippen molar-refractivity contribution < 1.29 is 22.5 Å². The van der Waals surface area contributed by atoms with Gasteiger partial charge in [-0.3, -0.25) is 9.35 Å². The SMILES string of the molecule is O=C(CS(=O)(=O)O)Nc1cnc(N2CCOCC2)c(Br)c1. The maximum absolute atomic E-state index is 11.4. The molecule has 1 amide bonds. The molecule has 0 atom stereocenters. The molecule has 0 saturated carbocycles. The summed E-state index contributed by atoms with van der Waals surface area (Å²) in [4.78, 5) is 17.7. The van der Waals surface area contributed by atoms with E-state index in [1.54, 1.807) is 6.07 Å². The van der Waals surface area contributed by atoms with Crippen LogP contribution in [0, 0.1) is 0 Å². The summed E-state index contributed by atoms with van der Waals surface area (Å²) in [5.41, 5.74) is 0.340.